The minimum absolute atomic E-state index is 0.0311. The molecule has 0 saturated carbocycles. The smallest absolute Gasteiger partial charge is 0.272 e. The molecule has 8 heteroatoms. The van der Waals surface area contributed by atoms with Gasteiger partial charge in [-0.05, 0) is 18.2 Å². The number of pyridine rings is 1. The quantitative estimate of drug-likeness (QED) is 0.714. The Balaban J connectivity index is 1.89. The molecule has 3 aromatic rings. The van der Waals surface area contributed by atoms with Gasteiger partial charge in [-0.1, -0.05) is 18.2 Å². The molecule has 1 amide bonds. The standard InChI is InChI=1S/C16H13F2N5O/c17-7-9-5-6-11(18)14(22-9)15(19)23-16(24)13-10-3-1-2-4-12(10)20-8-21-13/h1-6,8,15H,7,19H2,(H,23,24). The molecule has 0 bridgehead atoms. The summed E-state index contributed by atoms with van der Waals surface area (Å²) in [5.41, 5.74) is 6.30. The van der Waals surface area contributed by atoms with E-state index in [0.29, 0.717) is 10.9 Å². The molecular weight excluding hydrogens is 316 g/mol. The van der Waals surface area contributed by atoms with Crippen molar-refractivity contribution in [3.8, 4) is 0 Å². The van der Waals surface area contributed by atoms with E-state index in [2.05, 4.69) is 20.3 Å². The van der Waals surface area contributed by atoms with Crippen molar-refractivity contribution in [2.45, 2.75) is 12.8 Å². The third-order valence-corrected chi connectivity index (χ3v) is 3.41. The number of hydrogen-bond acceptors (Lipinski definition) is 5. The molecule has 0 radical (unpaired) electrons. The van der Waals surface area contributed by atoms with Crippen LogP contribution in [-0.2, 0) is 6.67 Å². The van der Waals surface area contributed by atoms with E-state index in [0.717, 1.165) is 6.07 Å². The van der Waals surface area contributed by atoms with Gasteiger partial charge < -0.3 is 11.1 Å². The van der Waals surface area contributed by atoms with Crippen LogP contribution >= 0.6 is 0 Å². The Morgan fingerprint density at radius 2 is 2.00 bits per heavy atom. The topological polar surface area (TPSA) is 93.8 Å². The molecule has 0 aliphatic rings. The molecule has 0 spiro atoms. The summed E-state index contributed by atoms with van der Waals surface area (Å²) in [4.78, 5) is 24.2. The van der Waals surface area contributed by atoms with E-state index in [9.17, 15) is 13.6 Å². The number of para-hydroxylation sites is 1. The maximum absolute atomic E-state index is 13.8. The maximum Gasteiger partial charge on any atom is 0.272 e. The number of rotatable bonds is 4. The van der Waals surface area contributed by atoms with Gasteiger partial charge in [-0.3, -0.25) is 4.79 Å². The lowest BCUT2D eigenvalue weighted by Crippen LogP contribution is -2.36. The summed E-state index contributed by atoms with van der Waals surface area (Å²) >= 11 is 0. The highest BCUT2D eigenvalue weighted by Crippen LogP contribution is 2.16. The van der Waals surface area contributed by atoms with Crippen molar-refractivity contribution in [1.29, 1.82) is 0 Å². The van der Waals surface area contributed by atoms with Gasteiger partial charge in [0.1, 0.15) is 36.4 Å². The number of alkyl halides is 1. The Morgan fingerprint density at radius 3 is 2.79 bits per heavy atom. The van der Waals surface area contributed by atoms with Gasteiger partial charge in [0.25, 0.3) is 5.91 Å². The van der Waals surface area contributed by atoms with Gasteiger partial charge in [-0.25, -0.2) is 23.7 Å². The van der Waals surface area contributed by atoms with Crippen molar-refractivity contribution in [3.05, 3.63) is 65.6 Å². The van der Waals surface area contributed by atoms with Crippen LogP contribution in [0.15, 0.2) is 42.7 Å². The van der Waals surface area contributed by atoms with Crippen molar-refractivity contribution in [1.82, 2.24) is 20.3 Å². The summed E-state index contributed by atoms with van der Waals surface area (Å²) in [5.74, 6) is -1.33. The van der Waals surface area contributed by atoms with Gasteiger partial charge in [-0.15, -0.1) is 0 Å². The highest BCUT2D eigenvalue weighted by Gasteiger charge is 2.19. The highest BCUT2D eigenvalue weighted by atomic mass is 19.1. The zero-order valence-electron chi connectivity index (χ0n) is 12.4. The number of aromatic nitrogens is 3. The lowest BCUT2D eigenvalue weighted by Gasteiger charge is -2.15. The number of hydrogen-bond donors (Lipinski definition) is 2. The van der Waals surface area contributed by atoms with Crippen LogP contribution in [0.25, 0.3) is 10.9 Å². The molecule has 3 N–H and O–H groups in total. The second-order valence-electron chi connectivity index (χ2n) is 4.99. The second kappa shape index (κ2) is 6.63. The zero-order chi connectivity index (χ0) is 17.1. The van der Waals surface area contributed by atoms with Crippen LogP contribution in [0.2, 0.25) is 0 Å². The lowest BCUT2D eigenvalue weighted by molar-refractivity contribution is 0.0933. The molecule has 1 unspecified atom stereocenters. The minimum atomic E-state index is -1.24. The Bertz CT molecular complexity index is 897. The Kier molecular flexibility index (Phi) is 4.39. The van der Waals surface area contributed by atoms with Crippen molar-refractivity contribution >= 4 is 16.8 Å². The molecule has 0 aliphatic carbocycles. The van der Waals surface area contributed by atoms with Crippen LogP contribution in [-0.4, -0.2) is 20.9 Å². The number of fused-ring (bicyclic) bond motifs is 1. The molecule has 3 rings (SSSR count). The second-order valence-corrected chi connectivity index (χ2v) is 4.99. The lowest BCUT2D eigenvalue weighted by atomic mass is 10.1. The van der Waals surface area contributed by atoms with Crippen molar-refractivity contribution in [2.75, 3.05) is 0 Å². The first kappa shape index (κ1) is 15.9. The number of halogens is 2. The summed E-state index contributed by atoms with van der Waals surface area (Å²) in [5, 5.41) is 2.96. The average Bonchev–Trinajstić information content (AvgIpc) is 2.61. The Hall–Kier alpha value is -3.00. The number of nitrogens with one attached hydrogen (secondary N) is 1. The van der Waals surface area contributed by atoms with Crippen LogP contribution in [0.3, 0.4) is 0 Å². The third-order valence-electron chi connectivity index (χ3n) is 3.41. The largest absolute Gasteiger partial charge is 0.330 e. The van der Waals surface area contributed by atoms with E-state index >= 15 is 0 Å². The maximum atomic E-state index is 13.8. The molecule has 1 atom stereocenters. The molecule has 2 aromatic heterocycles. The molecular formula is C16H13F2N5O. The predicted molar refractivity (Wildman–Crippen MR) is 82.9 cm³/mol. The summed E-state index contributed by atoms with van der Waals surface area (Å²) in [7, 11) is 0. The Labute approximate surface area is 135 Å². The molecule has 2 heterocycles. The number of carbonyl (C=O) groups excluding carboxylic acids is 1. The molecule has 0 fully saturated rings. The van der Waals surface area contributed by atoms with E-state index in [1.165, 1.54) is 12.4 Å². The SMILES string of the molecule is NC(NC(=O)c1ncnc2ccccc12)c1nc(CF)ccc1F. The van der Waals surface area contributed by atoms with Gasteiger partial charge in [0.2, 0.25) is 0 Å². The Morgan fingerprint density at radius 1 is 1.21 bits per heavy atom. The highest BCUT2D eigenvalue weighted by molar-refractivity contribution is 6.04. The number of nitrogens with two attached hydrogens (primary N) is 1. The zero-order valence-corrected chi connectivity index (χ0v) is 12.4. The summed E-state index contributed by atoms with van der Waals surface area (Å²) < 4.78 is 26.5. The fourth-order valence-corrected chi connectivity index (χ4v) is 2.26. The molecule has 122 valence electrons. The fourth-order valence-electron chi connectivity index (χ4n) is 2.26. The molecule has 1 aromatic carbocycles. The van der Waals surface area contributed by atoms with Crippen LogP contribution in [0, 0.1) is 5.82 Å². The van der Waals surface area contributed by atoms with Gasteiger partial charge in [0, 0.05) is 5.39 Å². The van der Waals surface area contributed by atoms with E-state index in [-0.39, 0.29) is 17.1 Å². The fraction of sp³-hybridized carbons (Fsp3) is 0.125. The average molecular weight is 329 g/mol. The predicted octanol–water partition coefficient (Wildman–Crippen LogP) is 2.02. The van der Waals surface area contributed by atoms with Crippen molar-refractivity contribution < 1.29 is 13.6 Å². The first-order valence-corrected chi connectivity index (χ1v) is 7.07. The van der Waals surface area contributed by atoms with Crippen molar-refractivity contribution in [3.63, 3.8) is 0 Å². The third kappa shape index (κ3) is 3.04. The van der Waals surface area contributed by atoms with Gasteiger partial charge in [0.15, 0.2) is 0 Å². The normalized spacial score (nSPS) is 12.1. The summed E-state index contributed by atoms with van der Waals surface area (Å²) in [6.07, 6.45) is 0.0171. The van der Waals surface area contributed by atoms with Crippen LogP contribution in [0.5, 0.6) is 0 Å². The number of amides is 1. The number of carbonyl (C=O) groups is 1. The van der Waals surface area contributed by atoms with Crippen LogP contribution < -0.4 is 11.1 Å². The summed E-state index contributed by atoms with van der Waals surface area (Å²) in [6.45, 7) is -0.857. The van der Waals surface area contributed by atoms with Crippen LogP contribution in [0.4, 0.5) is 8.78 Å². The molecule has 6 nitrogen and oxygen atoms in total. The number of benzene rings is 1. The molecule has 0 aliphatic heterocycles. The first-order valence-electron chi connectivity index (χ1n) is 7.07. The molecule has 0 saturated heterocycles. The van der Waals surface area contributed by atoms with Gasteiger partial charge >= 0.3 is 0 Å². The van der Waals surface area contributed by atoms with E-state index in [1.807, 2.05) is 0 Å². The van der Waals surface area contributed by atoms with Gasteiger partial charge in [0.05, 0.1) is 11.2 Å². The summed E-state index contributed by atoms with van der Waals surface area (Å²) in [6, 6.07) is 9.23. The molecule has 24 heavy (non-hydrogen) atoms. The van der Waals surface area contributed by atoms with E-state index in [4.69, 9.17) is 5.73 Å². The first-order chi connectivity index (χ1) is 11.6. The van der Waals surface area contributed by atoms with E-state index in [1.54, 1.807) is 24.3 Å². The van der Waals surface area contributed by atoms with Crippen LogP contribution in [0.1, 0.15) is 28.0 Å². The van der Waals surface area contributed by atoms with Crippen molar-refractivity contribution in [2.24, 2.45) is 5.73 Å². The minimum Gasteiger partial charge on any atom is -0.330 e. The van der Waals surface area contributed by atoms with Gasteiger partial charge in [-0.2, -0.15) is 0 Å². The monoisotopic (exact) mass is 329 g/mol. The number of nitrogens with zero attached hydrogens (tertiary/aromatic N) is 3. The van der Waals surface area contributed by atoms with E-state index < -0.39 is 24.6 Å².